The summed E-state index contributed by atoms with van der Waals surface area (Å²) in [6.07, 6.45) is 7.23. The molecular weight excluding hydrogens is 386 g/mol. The van der Waals surface area contributed by atoms with E-state index in [0.29, 0.717) is 24.2 Å². The van der Waals surface area contributed by atoms with Crippen molar-refractivity contribution in [3.05, 3.63) is 63.9 Å². The molecule has 0 aliphatic rings. The second-order valence-electron chi connectivity index (χ2n) is 7.55. The van der Waals surface area contributed by atoms with E-state index in [-0.39, 0.29) is 29.3 Å². The van der Waals surface area contributed by atoms with Gasteiger partial charge in [-0.2, -0.15) is 5.10 Å². The van der Waals surface area contributed by atoms with E-state index in [0.717, 1.165) is 5.69 Å². The zero-order valence-corrected chi connectivity index (χ0v) is 17.6. The SMILES string of the molecule is COC(=O)C[C@H](c1cnn(C(C)C)c1)c1c(O)cc(C)n(CCc2cnc[nH]2)c1=O. The molecule has 1 atom stereocenters. The van der Waals surface area contributed by atoms with E-state index in [1.807, 2.05) is 13.8 Å². The Labute approximate surface area is 174 Å². The maximum Gasteiger partial charge on any atom is 0.306 e. The highest BCUT2D eigenvalue weighted by Crippen LogP contribution is 2.32. The number of aromatic amines is 1. The summed E-state index contributed by atoms with van der Waals surface area (Å²) >= 11 is 0. The Morgan fingerprint density at radius 3 is 2.70 bits per heavy atom. The van der Waals surface area contributed by atoms with Crippen molar-refractivity contribution in [3.63, 3.8) is 0 Å². The van der Waals surface area contributed by atoms with Gasteiger partial charge in [0.2, 0.25) is 0 Å². The van der Waals surface area contributed by atoms with Crippen LogP contribution < -0.4 is 5.56 Å². The van der Waals surface area contributed by atoms with Crippen LogP contribution in [0.15, 0.2) is 35.8 Å². The van der Waals surface area contributed by atoms with Crippen LogP contribution in [-0.4, -0.2) is 42.5 Å². The highest BCUT2D eigenvalue weighted by molar-refractivity contribution is 5.71. The van der Waals surface area contributed by atoms with Gasteiger partial charge in [-0.25, -0.2) is 4.98 Å². The first-order valence-corrected chi connectivity index (χ1v) is 9.83. The van der Waals surface area contributed by atoms with Gasteiger partial charge in [-0.3, -0.25) is 14.3 Å². The Bertz CT molecular complexity index is 1070. The minimum Gasteiger partial charge on any atom is -0.507 e. The number of nitrogens with one attached hydrogen (secondary N) is 1. The normalized spacial score (nSPS) is 12.3. The van der Waals surface area contributed by atoms with Gasteiger partial charge in [-0.05, 0) is 32.4 Å². The highest BCUT2D eigenvalue weighted by Gasteiger charge is 2.27. The molecule has 2 N–H and O–H groups in total. The molecule has 160 valence electrons. The molecule has 0 spiro atoms. The smallest absolute Gasteiger partial charge is 0.306 e. The number of pyridine rings is 1. The fourth-order valence-corrected chi connectivity index (χ4v) is 3.48. The summed E-state index contributed by atoms with van der Waals surface area (Å²) in [6, 6.07) is 1.68. The zero-order chi connectivity index (χ0) is 21.8. The van der Waals surface area contributed by atoms with Gasteiger partial charge in [-0.15, -0.1) is 0 Å². The molecular formula is C21H27N5O4. The van der Waals surface area contributed by atoms with Gasteiger partial charge in [0.25, 0.3) is 5.56 Å². The van der Waals surface area contributed by atoms with Crippen molar-refractivity contribution in [1.29, 1.82) is 0 Å². The number of hydrogen-bond donors (Lipinski definition) is 2. The molecule has 3 aromatic heterocycles. The van der Waals surface area contributed by atoms with Crippen molar-refractivity contribution in [2.75, 3.05) is 7.11 Å². The maximum absolute atomic E-state index is 13.4. The topological polar surface area (TPSA) is 115 Å². The third kappa shape index (κ3) is 4.45. The summed E-state index contributed by atoms with van der Waals surface area (Å²) in [7, 11) is 1.30. The number of carbonyl (C=O) groups excluding carboxylic acids is 1. The number of hydrogen-bond acceptors (Lipinski definition) is 6. The molecule has 3 rings (SSSR count). The van der Waals surface area contributed by atoms with E-state index in [1.165, 1.54) is 7.11 Å². The first-order chi connectivity index (χ1) is 14.3. The van der Waals surface area contributed by atoms with Crippen molar-refractivity contribution in [1.82, 2.24) is 24.3 Å². The summed E-state index contributed by atoms with van der Waals surface area (Å²) in [5, 5.41) is 15.0. The number of rotatable bonds is 8. The van der Waals surface area contributed by atoms with Gasteiger partial charge in [0.05, 0.1) is 31.6 Å². The monoisotopic (exact) mass is 413 g/mol. The molecule has 0 bridgehead atoms. The third-order valence-electron chi connectivity index (χ3n) is 5.18. The molecule has 0 fully saturated rings. The Morgan fingerprint density at radius 1 is 1.33 bits per heavy atom. The number of carbonyl (C=O) groups is 1. The second kappa shape index (κ2) is 8.98. The van der Waals surface area contributed by atoms with Gasteiger partial charge in [0.1, 0.15) is 5.75 Å². The van der Waals surface area contributed by atoms with Crippen LogP contribution in [0.4, 0.5) is 0 Å². The van der Waals surface area contributed by atoms with Gasteiger partial charge < -0.3 is 19.4 Å². The van der Waals surface area contributed by atoms with E-state index in [2.05, 4.69) is 15.1 Å². The second-order valence-corrected chi connectivity index (χ2v) is 7.55. The van der Waals surface area contributed by atoms with Crippen LogP contribution in [0.1, 0.15) is 54.7 Å². The number of esters is 1. The summed E-state index contributed by atoms with van der Waals surface area (Å²) in [5.74, 6) is -1.28. The zero-order valence-electron chi connectivity index (χ0n) is 17.6. The van der Waals surface area contributed by atoms with E-state index >= 15 is 0 Å². The van der Waals surface area contributed by atoms with Gasteiger partial charge >= 0.3 is 5.97 Å². The standard InChI is InChI=1S/C21H27N5O4/c1-13(2)26-11-15(9-24-26)17(8-19(28)30-4)20-18(27)7-14(3)25(21(20)29)6-5-16-10-22-12-23-16/h7,9-13,17,27H,5-6,8H2,1-4H3,(H,22,23)/t17-/m1/s1. The molecule has 0 radical (unpaired) electrons. The van der Waals surface area contributed by atoms with Gasteiger partial charge in [0.15, 0.2) is 0 Å². The minimum atomic E-state index is -0.670. The number of H-pyrrole nitrogens is 1. The average Bonchev–Trinajstić information content (AvgIpc) is 3.38. The molecule has 3 aromatic rings. The Kier molecular flexibility index (Phi) is 6.39. The van der Waals surface area contributed by atoms with Crippen LogP contribution in [0.25, 0.3) is 0 Å². The lowest BCUT2D eigenvalue weighted by Crippen LogP contribution is -2.29. The van der Waals surface area contributed by atoms with E-state index in [9.17, 15) is 14.7 Å². The molecule has 9 nitrogen and oxygen atoms in total. The van der Waals surface area contributed by atoms with Crippen LogP contribution in [0, 0.1) is 6.92 Å². The largest absolute Gasteiger partial charge is 0.507 e. The fraction of sp³-hybridized carbons (Fsp3) is 0.429. The molecule has 0 aliphatic heterocycles. The maximum atomic E-state index is 13.4. The van der Waals surface area contributed by atoms with Crippen molar-refractivity contribution in [2.24, 2.45) is 0 Å². The lowest BCUT2D eigenvalue weighted by atomic mass is 9.90. The van der Waals surface area contributed by atoms with Crippen LogP contribution in [0.5, 0.6) is 5.75 Å². The van der Waals surface area contributed by atoms with E-state index in [1.54, 1.807) is 47.2 Å². The summed E-state index contributed by atoms with van der Waals surface area (Å²) < 4.78 is 8.20. The number of aryl methyl sites for hydroxylation is 2. The van der Waals surface area contributed by atoms with Crippen LogP contribution >= 0.6 is 0 Å². The lowest BCUT2D eigenvalue weighted by Gasteiger charge is -2.19. The Hall–Kier alpha value is -3.36. The molecule has 3 heterocycles. The molecule has 0 saturated heterocycles. The minimum absolute atomic E-state index is 0.0767. The fourth-order valence-electron chi connectivity index (χ4n) is 3.48. The van der Waals surface area contributed by atoms with E-state index < -0.39 is 11.9 Å². The molecule has 9 heteroatoms. The average molecular weight is 413 g/mol. The number of aromatic hydroxyl groups is 1. The highest BCUT2D eigenvalue weighted by atomic mass is 16.5. The van der Waals surface area contributed by atoms with E-state index in [4.69, 9.17) is 4.74 Å². The Morgan fingerprint density at radius 2 is 2.10 bits per heavy atom. The van der Waals surface area contributed by atoms with Gasteiger partial charge in [0, 0.05) is 48.7 Å². The predicted molar refractivity (Wildman–Crippen MR) is 110 cm³/mol. The van der Waals surface area contributed by atoms with Crippen LogP contribution in [0.3, 0.4) is 0 Å². The Balaban J connectivity index is 2.05. The molecule has 0 aromatic carbocycles. The van der Waals surface area contributed by atoms with Crippen LogP contribution in [-0.2, 0) is 22.5 Å². The molecule has 30 heavy (non-hydrogen) atoms. The van der Waals surface area contributed by atoms with Gasteiger partial charge in [-0.1, -0.05) is 0 Å². The lowest BCUT2D eigenvalue weighted by molar-refractivity contribution is -0.140. The molecule has 0 unspecified atom stereocenters. The molecule has 0 aliphatic carbocycles. The summed E-state index contributed by atoms with van der Waals surface area (Å²) in [4.78, 5) is 32.5. The first-order valence-electron chi connectivity index (χ1n) is 9.83. The molecule has 0 amide bonds. The van der Waals surface area contributed by atoms with Crippen molar-refractivity contribution in [3.8, 4) is 5.75 Å². The number of ether oxygens (including phenoxy) is 1. The van der Waals surface area contributed by atoms with Crippen molar-refractivity contribution in [2.45, 2.75) is 52.1 Å². The number of nitrogens with zero attached hydrogens (tertiary/aromatic N) is 4. The predicted octanol–water partition coefficient (Wildman–Crippen LogP) is 2.30. The summed E-state index contributed by atoms with van der Waals surface area (Å²) in [5.41, 5.74) is 2.04. The molecule has 0 saturated carbocycles. The number of aromatic nitrogens is 5. The summed E-state index contributed by atoms with van der Waals surface area (Å²) in [6.45, 7) is 6.15. The number of imidazole rings is 1. The third-order valence-corrected chi connectivity index (χ3v) is 5.18. The van der Waals surface area contributed by atoms with Crippen molar-refractivity contribution >= 4 is 5.97 Å². The van der Waals surface area contributed by atoms with Crippen LogP contribution in [0.2, 0.25) is 0 Å². The van der Waals surface area contributed by atoms with Crippen molar-refractivity contribution < 1.29 is 14.6 Å². The number of methoxy groups -OCH3 is 1. The quantitative estimate of drug-likeness (QED) is 0.548. The first kappa shape index (κ1) is 21.4.